The van der Waals surface area contributed by atoms with Crippen molar-refractivity contribution >= 4 is 17.4 Å². The molecule has 0 radical (unpaired) electrons. The Hall–Kier alpha value is -3.67. The Balaban J connectivity index is 1.56. The first-order chi connectivity index (χ1) is 15.4. The number of aromatic nitrogens is 1. The van der Waals surface area contributed by atoms with Crippen molar-refractivity contribution in [1.29, 1.82) is 0 Å². The topological polar surface area (TPSA) is 88.3 Å². The van der Waals surface area contributed by atoms with Crippen LogP contribution in [0.5, 0.6) is 5.75 Å². The molecule has 6 heteroatoms. The molecule has 0 spiro atoms. The Kier molecular flexibility index (Phi) is 5.95. The van der Waals surface area contributed by atoms with Crippen LogP contribution in [0.15, 0.2) is 59.4 Å². The van der Waals surface area contributed by atoms with E-state index in [0.717, 1.165) is 16.9 Å². The Morgan fingerprint density at radius 3 is 2.34 bits per heavy atom. The van der Waals surface area contributed by atoms with Crippen LogP contribution in [0.4, 0.5) is 5.69 Å². The van der Waals surface area contributed by atoms with E-state index in [4.69, 9.17) is 4.74 Å². The summed E-state index contributed by atoms with van der Waals surface area (Å²) in [5, 5.41) is 2.75. The zero-order valence-corrected chi connectivity index (χ0v) is 18.4. The average Bonchev–Trinajstić information content (AvgIpc) is 2.79. The molecule has 2 aromatic carbocycles. The average molecular weight is 431 g/mol. The summed E-state index contributed by atoms with van der Waals surface area (Å²) in [5.41, 5.74) is 3.20. The Bertz CT molecular complexity index is 1210. The van der Waals surface area contributed by atoms with Crippen LogP contribution in [0.1, 0.15) is 69.6 Å². The number of anilines is 1. The van der Waals surface area contributed by atoms with Gasteiger partial charge in [0, 0.05) is 23.4 Å². The highest BCUT2D eigenvalue weighted by molar-refractivity contribution is 6.06. The number of aromatic amines is 1. The van der Waals surface area contributed by atoms with E-state index in [-0.39, 0.29) is 17.3 Å². The van der Waals surface area contributed by atoms with Crippen molar-refractivity contribution in [1.82, 2.24) is 4.98 Å². The minimum Gasteiger partial charge on any atom is -0.497 e. The van der Waals surface area contributed by atoms with Gasteiger partial charge in [-0.25, -0.2) is 0 Å². The van der Waals surface area contributed by atoms with Gasteiger partial charge in [0.05, 0.1) is 7.11 Å². The van der Waals surface area contributed by atoms with E-state index in [1.165, 1.54) is 6.07 Å². The van der Waals surface area contributed by atoms with Crippen molar-refractivity contribution in [2.45, 2.75) is 38.5 Å². The van der Waals surface area contributed by atoms with Gasteiger partial charge in [0.15, 0.2) is 5.78 Å². The van der Waals surface area contributed by atoms with Crippen LogP contribution >= 0.6 is 0 Å². The van der Waals surface area contributed by atoms with Crippen molar-refractivity contribution in [3.63, 3.8) is 0 Å². The van der Waals surface area contributed by atoms with Crippen molar-refractivity contribution in [2.24, 2.45) is 0 Å². The lowest BCUT2D eigenvalue weighted by Crippen LogP contribution is -2.29. The number of Topliss-reactive ketones (excluding diaryl/α,β-unsaturated/α-hetero) is 1. The number of methoxy groups -OCH3 is 1. The number of H-pyrrole nitrogens is 1. The van der Waals surface area contributed by atoms with Gasteiger partial charge in [0.25, 0.3) is 11.5 Å². The highest BCUT2D eigenvalue weighted by Gasteiger charge is 2.29. The van der Waals surface area contributed by atoms with Gasteiger partial charge >= 0.3 is 0 Å². The number of ketones is 1. The van der Waals surface area contributed by atoms with Crippen molar-refractivity contribution < 1.29 is 14.3 Å². The first-order valence-electron chi connectivity index (χ1n) is 10.7. The Labute approximate surface area is 186 Å². The lowest BCUT2D eigenvalue weighted by Gasteiger charge is -2.24. The number of pyridine rings is 1. The summed E-state index contributed by atoms with van der Waals surface area (Å²) in [4.78, 5) is 41.0. The van der Waals surface area contributed by atoms with Gasteiger partial charge in [-0.15, -0.1) is 0 Å². The summed E-state index contributed by atoms with van der Waals surface area (Å²) in [5.74, 6) is 0.487. The smallest absolute Gasteiger partial charge is 0.261 e. The lowest BCUT2D eigenvalue weighted by atomic mass is 9.81. The molecule has 0 bridgehead atoms. The number of rotatable bonds is 5. The van der Waals surface area contributed by atoms with Gasteiger partial charge in [-0.1, -0.05) is 38.1 Å². The fourth-order valence-corrected chi connectivity index (χ4v) is 4.06. The van der Waals surface area contributed by atoms with Gasteiger partial charge in [0.2, 0.25) is 0 Å². The van der Waals surface area contributed by atoms with Crippen LogP contribution in [0.2, 0.25) is 0 Å². The third kappa shape index (κ3) is 4.35. The number of nitrogens with one attached hydrogen (secondary N) is 2. The molecule has 0 saturated carbocycles. The van der Waals surface area contributed by atoms with Crippen LogP contribution in [-0.2, 0) is 6.42 Å². The molecule has 0 aliphatic heterocycles. The summed E-state index contributed by atoms with van der Waals surface area (Å²) in [6, 6.07) is 16.5. The number of carbonyl (C=O) groups is 2. The zero-order chi connectivity index (χ0) is 22.8. The molecule has 164 valence electrons. The summed E-state index contributed by atoms with van der Waals surface area (Å²) in [6.07, 6.45) is 0.851. The molecule has 4 rings (SSSR count). The van der Waals surface area contributed by atoms with Crippen LogP contribution in [0.3, 0.4) is 0 Å². The second kappa shape index (κ2) is 8.83. The Morgan fingerprint density at radius 1 is 1.03 bits per heavy atom. The molecule has 6 nitrogen and oxygen atoms in total. The van der Waals surface area contributed by atoms with E-state index in [2.05, 4.69) is 24.1 Å². The van der Waals surface area contributed by atoms with Crippen LogP contribution < -0.4 is 15.6 Å². The predicted octanol–water partition coefficient (Wildman–Crippen LogP) is 4.67. The first-order valence-corrected chi connectivity index (χ1v) is 10.7. The standard InChI is InChI=1S/C26H26N2O4/c1-15(2)16-4-8-19(9-5-16)27-25(30)22-14-21-23(28-26(22)31)12-18(13-24(21)29)17-6-10-20(32-3)11-7-17/h4-11,14-15,18H,12-13H2,1-3H3,(H,27,30)(H,28,31)/t18-/m0/s1. The maximum Gasteiger partial charge on any atom is 0.261 e. The number of fused-ring (bicyclic) bond motifs is 1. The third-order valence-electron chi connectivity index (χ3n) is 5.97. The van der Waals surface area contributed by atoms with Crippen LogP contribution in [0.25, 0.3) is 0 Å². The Morgan fingerprint density at radius 2 is 1.72 bits per heavy atom. The molecule has 2 N–H and O–H groups in total. The molecule has 1 aliphatic rings. The maximum atomic E-state index is 12.9. The number of amides is 1. The first kappa shape index (κ1) is 21.6. The fraction of sp³-hybridized carbons (Fsp3) is 0.269. The molecule has 1 aliphatic carbocycles. The van der Waals surface area contributed by atoms with Gasteiger partial charge in [-0.05, 0) is 59.7 Å². The molecule has 32 heavy (non-hydrogen) atoms. The van der Waals surface area contributed by atoms with Crippen LogP contribution in [-0.4, -0.2) is 23.8 Å². The molecule has 1 heterocycles. The zero-order valence-electron chi connectivity index (χ0n) is 18.4. The van der Waals surface area contributed by atoms with E-state index >= 15 is 0 Å². The quantitative estimate of drug-likeness (QED) is 0.616. The molecule has 0 unspecified atom stereocenters. The van der Waals surface area contributed by atoms with Crippen LogP contribution in [0, 0.1) is 0 Å². The number of carbonyl (C=O) groups excluding carboxylic acids is 2. The largest absolute Gasteiger partial charge is 0.497 e. The third-order valence-corrected chi connectivity index (χ3v) is 5.97. The van der Waals surface area contributed by atoms with E-state index in [1.54, 1.807) is 7.11 Å². The molecule has 1 atom stereocenters. The molecular weight excluding hydrogens is 404 g/mol. The molecule has 1 aromatic heterocycles. The number of benzene rings is 2. The van der Waals surface area contributed by atoms with Crippen molar-refractivity contribution in [3.8, 4) is 5.75 Å². The monoisotopic (exact) mass is 430 g/mol. The fourth-order valence-electron chi connectivity index (χ4n) is 4.06. The van der Waals surface area contributed by atoms with E-state index in [0.29, 0.717) is 35.7 Å². The van der Waals surface area contributed by atoms with Gasteiger partial charge in [-0.3, -0.25) is 14.4 Å². The minimum atomic E-state index is -0.531. The van der Waals surface area contributed by atoms with Crippen molar-refractivity contribution in [3.05, 3.63) is 92.9 Å². The summed E-state index contributed by atoms with van der Waals surface area (Å²) in [6.45, 7) is 4.19. The molecule has 3 aromatic rings. The summed E-state index contributed by atoms with van der Waals surface area (Å²) in [7, 11) is 1.61. The minimum absolute atomic E-state index is 0.0318. The number of hydrogen-bond acceptors (Lipinski definition) is 4. The second-order valence-electron chi connectivity index (χ2n) is 8.44. The normalized spacial score (nSPS) is 15.4. The highest BCUT2D eigenvalue weighted by Crippen LogP contribution is 2.32. The summed E-state index contributed by atoms with van der Waals surface area (Å²) >= 11 is 0. The van der Waals surface area contributed by atoms with Gasteiger partial charge in [0.1, 0.15) is 11.3 Å². The number of ether oxygens (including phenoxy) is 1. The predicted molar refractivity (Wildman–Crippen MR) is 124 cm³/mol. The molecule has 0 fully saturated rings. The lowest BCUT2D eigenvalue weighted by molar-refractivity contribution is 0.0963. The molecule has 1 amide bonds. The second-order valence-corrected chi connectivity index (χ2v) is 8.44. The molecular formula is C26H26N2O4. The highest BCUT2D eigenvalue weighted by atomic mass is 16.5. The van der Waals surface area contributed by atoms with Gasteiger partial charge in [-0.2, -0.15) is 0 Å². The maximum absolute atomic E-state index is 12.9. The SMILES string of the molecule is COc1ccc([C@@H]2CC(=O)c3cc(C(=O)Nc4ccc(C(C)C)cc4)c(=O)[nH]c3C2)cc1. The number of hydrogen-bond donors (Lipinski definition) is 2. The van der Waals surface area contributed by atoms with Crippen molar-refractivity contribution in [2.75, 3.05) is 12.4 Å². The van der Waals surface area contributed by atoms with E-state index in [1.807, 2.05) is 48.5 Å². The van der Waals surface area contributed by atoms with E-state index in [9.17, 15) is 14.4 Å². The molecule has 0 saturated heterocycles. The van der Waals surface area contributed by atoms with E-state index < -0.39 is 11.5 Å². The summed E-state index contributed by atoms with van der Waals surface area (Å²) < 4.78 is 5.19. The van der Waals surface area contributed by atoms with Gasteiger partial charge < -0.3 is 15.0 Å².